The molecule has 1 N–H and O–H groups in total. The van der Waals surface area contributed by atoms with E-state index in [1.54, 1.807) is 20.7 Å². The van der Waals surface area contributed by atoms with Crippen molar-refractivity contribution in [3.05, 3.63) is 65.2 Å². The van der Waals surface area contributed by atoms with E-state index in [4.69, 9.17) is 0 Å². The number of benzene rings is 1. The van der Waals surface area contributed by atoms with Gasteiger partial charge in [-0.2, -0.15) is 5.10 Å². The van der Waals surface area contributed by atoms with Gasteiger partial charge in [-0.25, -0.2) is 27.5 Å². The molecule has 13 heteroatoms. The predicted octanol–water partition coefficient (Wildman–Crippen LogP) is 2.42. The summed E-state index contributed by atoms with van der Waals surface area (Å²) < 4.78 is 55.2. The van der Waals surface area contributed by atoms with E-state index in [1.165, 1.54) is 0 Å². The third-order valence-corrected chi connectivity index (χ3v) is 6.30. The lowest BCUT2D eigenvalue weighted by atomic mass is 10.1. The Morgan fingerprint density at radius 1 is 1.08 bits per heavy atom. The second-order valence-corrected chi connectivity index (χ2v) is 8.85. The number of nitrogens with one attached hydrogen (secondary N) is 1. The standard InChI is InChI=1S/C23H21F4N7O2/c1-12-9-34-19(11-32(12)20(35)4-13-2-16(25)22(27)17(26)3-13)18(8-30-34)33-10-15(5-21(33)36)31-23-28-6-14(24)7-29-23/h2-3,6-8,12,15H,4-5,9-11H2,1H3,(H,28,29,31)/t12-,15?/m0/s1. The summed E-state index contributed by atoms with van der Waals surface area (Å²) in [5, 5.41) is 7.39. The van der Waals surface area contributed by atoms with Gasteiger partial charge < -0.3 is 15.1 Å². The highest BCUT2D eigenvalue weighted by Gasteiger charge is 2.36. The van der Waals surface area contributed by atoms with Crippen LogP contribution in [-0.2, 0) is 29.1 Å². The molecule has 2 aliphatic heterocycles. The minimum Gasteiger partial charge on any atom is -0.349 e. The first-order valence-corrected chi connectivity index (χ1v) is 11.2. The van der Waals surface area contributed by atoms with Crippen LogP contribution in [0.15, 0.2) is 30.7 Å². The first kappa shape index (κ1) is 23.7. The molecule has 2 aliphatic rings. The van der Waals surface area contributed by atoms with Crippen molar-refractivity contribution in [2.45, 2.75) is 44.9 Å². The molecule has 3 aromatic rings. The van der Waals surface area contributed by atoms with Gasteiger partial charge in [0.2, 0.25) is 17.8 Å². The van der Waals surface area contributed by atoms with Gasteiger partial charge in [0, 0.05) is 19.0 Å². The average Bonchev–Trinajstić information content (AvgIpc) is 3.40. The van der Waals surface area contributed by atoms with Gasteiger partial charge >= 0.3 is 0 Å². The third-order valence-electron chi connectivity index (χ3n) is 6.30. The lowest BCUT2D eigenvalue weighted by Crippen LogP contribution is -2.46. The molecule has 36 heavy (non-hydrogen) atoms. The second-order valence-electron chi connectivity index (χ2n) is 8.85. The van der Waals surface area contributed by atoms with Crippen molar-refractivity contribution in [2.75, 3.05) is 16.8 Å². The zero-order chi connectivity index (χ0) is 25.6. The maximum Gasteiger partial charge on any atom is 0.229 e. The van der Waals surface area contributed by atoms with Crippen LogP contribution < -0.4 is 10.2 Å². The quantitative estimate of drug-likeness (QED) is 0.425. The highest BCUT2D eigenvalue weighted by molar-refractivity contribution is 5.97. The molecule has 1 unspecified atom stereocenters. The Kier molecular flexibility index (Phi) is 6.06. The van der Waals surface area contributed by atoms with Crippen molar-refractivity contribution >= 4 is 23.5 Å². The molecule has 0 aliphatic carbocycles. The molecule has 4 heterocycles. The van der Waals surface area contributed by atoms with Crippen molar-refractivity contribution in [2.24, 2.45) is 0 Å². The minimum absolute atomic E-state index is 0.0227. The van der Waals surface area contributed by atoms with Crippen LogP contribution in [0.2, 0.25) is 0 Å². The van der Waals surface area contributed by atoms with Crippen molar-refractivity contribution in [1.29, 1.82) is 0 Å². The lowest BCUT2D eigenvalue weighted by molar-refractivity contribution is -0.134. The molecule has 1 aromatic carbocycles. The van der Waals surface area contributed by atoms with Crippen LogP contribution in [0.3, 0.4) is 0 Å². The first-order chi connectivity index (χ1) is 17.2. The molecule has 2 aromatic heterocycles. The average molecular weight is 503 g/mol. The van der Waals surface area contributed by atoms with Gasteiger partial charge in [0.25, 0.3) is 0 Å². The molecule has 188 valence electrons. The second kappa shape index (κ2) is 9.21. The predicted molar refractivity (Wildman–Crippen MR) is 119 cm³/mol. The van der Waals surface area contributed by atoms with E-state index < -0.39 is 29.2 Å². The highest BCUT2D eigenvalue weighted by atomic mass is 19.2. The third kappa shape index (κ3) is 4.48. The van der Waals surface area contributed by atoms with E-state index in [1.807, 2.05) is 6.92 Å². The molecule has 9 nitrogen and oxygen atoms in total. The number of aromatic nitrogens is 4. The molecule has 1 saturated heterocycles. The Bertz CT molecular complexity index is 1310. The number of amides is 2. The Morgan fingerprint density at radius 3 is 2.47 bits per heavy atom. The summed E-state index contributed by atoms with van der Waals surface area (Å²) in [5.74, 6) is -5.23. The number of rotatable bonds is 5. The van der Waals surface area contributed by atoms with E-state index in [-0.39, 0.29) is 55.4 Å². The van der Waals surface area contributed by atoms with Crippen molar-refractivity contribution in [1.82, 2.24) is 24.6 Å². The fraction of sp³-hybridized carbons (Fsp3) is 0.348. The van der Waals surface area contributed by atoms with Crippen LogP contribution in [0.5, 0.6) is 0 Å². The number of anilines is 2. The number of fused-ring (bicyclic) bond motifs is 1. The molecule has 0 bridgehead atoms. The summed E-state index contributed by atoms with van der Waals surface area (Å²) in [4.78, 5) is 36.6. The minimum atomic E-state index is -1.58. The zero-order valence-electron chi connectivity index (χ0n) is 19.1. The Morgan fingerprint density at radius 2 is 1.78 bits per heavy atom. The van der Waals surface area contributed by atoms with E-state index in [0.29, 0.717) is 17.9 Å². The Hall–Kier alpha value is -4.03. The number of hydrogen-bond donors (Lipinski definition) is 1. The highest BCUT2D eigenvalue weighted by Crippen LogP contribution is 2.31. The molecule has 0 spiro atoms. The lowest BCUT2D eigenvalue weighted by Gasteiger charge is -2.35. The monoisotopic (exact) mass is 503 g/mol. The number of carbonyl (C=O) groups is 2. The first-order valence-electron chi connectivity index (χ1n) is 11.2. The van der Waals surface area contributed by atoms with Gasteiger partial charge in [0.05, 0.1) is 55.5 Å². The topological polar surface area (TPSA) is 96.2 Å². The molecule has 2 amide bonds. The summed E-state index contributed by atoms with van der Waals surface area (Å²) in [6.07, 6.45) is 3.47. The van der Waals surface area contributed by atoms with E-state index in [0.717, 1.165) is 24.5 Å². The summed E-state index contributed by atoms with van der Waals surface area (Å²) in [6.45, 7) is 2.60. The van der Waals surface area contributed by atoms with Crippen LogP contribution in [-0.4, -0.2) is 55.1 Å². The number of carbonyl (C=O) groups excluding carboxylic acids is 2. The largest absolute Gasteiger partial charge is 0.349 e. The van der Waals surface area contributed by atoms with Crippen LogP contribution in [0.1, 0.15) is 24.6 Å². The Balaban J connectivity index is 1.31. The summed E-state index contributed by atoms with van der Waals surface area (Å²) in [6, 6.07) is 1.03. The van der Waals surface area contributed by atoms with Crippen LogP contribution in [0, 0.1) is 23.3 Å². The maximum absolute atomic E-state index is 13.6. The van der Waals surface area contributed by atoms with Crippen molar-refractivity contribution < 1.29 is 27.2 Å². The fourth-order valence-corrected chi connectivity index (χ4v) is 4.54. The molecule has 2 atom stereocenters. The number of halogens is 4. The fourth-order valence-electron chi connectivity index (χ4n) is 4.54. The van der Waals surface area contributed by atoms with E-state index in [9.17, 15) is 27.2 Å². The number of nitrogens with zero attached hydrogens (tertiary/aromatic N) is 6. The van der Waals surface area contributed by atoms with Crippen molar-refractivity contribution in [3.8, 4) is 0 Å². The Labute approximate surface area is 202 Å². The summed E-state index contributed by atoms with van der Waals surface area (Å²) in [7, 11) is 0. The van der Waals surface area contributed by atoms with Gasteiger partial charge in [-0.05, 0) is 24.6 Å². The zero-order valence-corrected chi connectivity index (χ0v) is 19.1. The SMILES string of the molecule is C[C@H]1Cn2ncc(N3CC(Nc4ncc(F)cn4)CC3=O)c2CN1C(=O)Cc1cc(F)c(F)c(F)c1. The van der Waals surface area contributed by atoms with Gasteiger partial charge in [-0.1, -0.05) is 0 Å². The van der Waals surface area contributed by atoms with Crippen LogP contribution >= 0.6 is 0 Å². The van der Waals surface area contributed by atoms with E-state index >= 15 is 0 Å². The van der Waals surface area contributed by atoms with Gasteiger partial charge in [0.1, 0.15) is 0 Å². The van der Waals surface area contributed by atoms with Gasteiger partial charge in [-0.3, -0.25) is 14.3 Å². The van der Waals surface area contributed by atoms with E-state index in [2.05, 4.69) is 20.4 Å². The maximum atomic E-state index is 13.6. The summed E-state index contributed by atoms with van der Waals surface area (Å²) >= 11 is 0. The molecule has 0 radical (unpaired) electrons. The molecule has 0 saturated carbocycles. The molecule has 1 fully saturated rings. The van der Waals surface area contributed by atoms with Crippen LogP contribution in [0.25, 0.3) is 0 Å². The summed E-state index contributed by atoms with van der Waals surface area (Å²) in [5.41, 5.74) is 1.22. The molecular formula is C23H21F4N7O2. The molecular weight excluding hydrogens is 482 g/mol. The van der Waals surface area contributed by atoms with Gasteiger partial charge in [-0.15, -0.1) is 0 Å². The van der Waals surface area contributed by atoms with Crippen molar-refractivity contribution in [3.63, 3.8) is 0 Å². The normalized spacial score (nSPS) is 19.5. The molecule has 5 rings (SSSR count). The van der Waals surface area contributed by atoms with Gasteiger partial charge in [0.15, 0.2) is 23.3 Å². The smallest absolute Gasteiger partial charge is 0.229 e. The van der Waals surface area contributed by atoms with Crippen LogP contribution in [0.4, 0.5) is 29.2 Å². The number of hydrogen-bond acceptors (Lipinski definition) is 6.